The third kappa shape index (κ3) is 3.26. The Labute approximate surface area is 156 Å². The van der Waals surface area contributed by atoms with E-state index in [1.807, 2.05) is 42.5 Å². The van der Waals surface area contributed by atoms with E-state index in [1.54, 1.807) is 6.20 Å². The molecule has 0 radical (unpaired) electrons. The number of esters is 1. The lowest BCUT2D eigenvalue weighted by atomic mass is 10.1. The van der Waals surface area contributed by atoms with Gasteiger partial charge < -0.3 is 14.2 Å². The molecule has 138 valence electrons. The number of hydrogen-bond acceptors (Lipinski definition) is 5. The molecule has 0 saturated heterocycles. The first-order valence-corrected chi connectivity index (χ1v) is 8.77. The van der Waals surface area contributed by atoms with Crippen molar-refractivity contribution in [3.63, 3.8) is 0 Å². The maximum atomic E-state index is 12.8. The van der Waals surface area contributed by atoms with Gasteiger partial charge in [0.2, 0.25) is 5.91 Å². The highest BCUT2D eigenvalue weighted by atomic mass is 16.6. The third-order valence-electron chi connectivity index (χ3n) is 4.62. The van der Waals surface area contributed by atoms with Gasteiger partial charge in [-0.3, -0.25) is 9.36 Å². The lowest BCUT2D eigenvalue weighted by Crippen LogP contribution is -2.15. The number of fused-ring (bicyclic) bond motifs is 2. The van der Waals surface area contributed by atoms with Crippen molar-refractivity contribution in [1.29, 1.82) is 0 Å². The van der Waals surface area contributed by atoms with Crippen molar-refractivity contribution in [3.8, 4) is 11.5 Å². The molecule has 0 atom stereocenters. The minimum atomic E-state index is -0.454. The number of ether oxygens (including phenoxy) is 3. The second-order valence-electron chi connectivity index (χ2n) is 6.29. The Morgan fingerprint density at radius 1 is 1.07 bits per heavy atom. The van der Waals surface area contributed by atoms with E-state index in [2.05, 4.69) is 0 Å². The molecule has 1 aromatic heterocycles. The highest BCUT2D eigenvalue weighted by Gasteiger charge is 2.19. The van der Waals surface area contributed by atoms with Crippen molar-refractivity contribution in [2.75, 3.05) is 20.3 Å². The van der Waals surface area contributed by atoms with Gasteiger partial charge in [-0.1, -0.05) is 24.3 Å². The summed E-state index contributed by atoms with van der Waals surface area (Å²) in [5.41, 5.74) is 2.09. The number of para-hydroxylation sites is 1. The monoisotopic (exact) mass is 365 g/mol. The lowest BCUT2D eigenvalue weighted by molar-refractivity contribution is 0.0603. The van der Waals surface area contributed by atoms with Crippen molar-refractivity contribution < 1.29 is 23.8 Å². The summed E-state index contributed by atoms with van der Waals surface area (Å²) in [4.78, 5) is 24.8. The van der Waals surface area contributed by atoms with Gasteiger partial charge in [-0.15, -0.1) is 0 Å². The first-order valence-electron chi connectivity index (χ1n) is 8.77. The molecule has 1 aliphatic heterocycles. The van der Waals surface area contributed by atoms with Crippen LogP contribution < -0.4 is 9.47 Å². The molecular weight excluding hydrogens is 346 g/mol. The SMILES string of the molecule is COC(=O)c1cn(C(=O)CCc2ccc3c(c2)OCCO3)c2ccccc12. The van der Waals surface area contributed by atoms with Crippen molar-refractivity contribution in [1.82, 2.24) is 4.57 Å². The molecule has 3 aromatic rings. The number of carbonyl (C=O) groups excluding carboxylic acids is 2. The number of benzene rings is 2. The third-order valence-corrected chi connectivity index (χ3v) is 4.62. The Balaban J connectivity index is 1.56. The number of rotatable bonds is 4. The predicted molar refractivity (Wildman–Crippen MR) is 99.7 cm³/mol. The second kappa shape index (κ2) is 7.15. The van der Waals surface area contributed by atoms with Crippen molar-refractivity contribution >= 4 is 22.8 Å². The first-order chi connectivity index (χ1) is 13.2. The van der Waals surface area contributed by atoms with E-state index in [9.17, 15) is 9.59 Å². The average molecular weight is 365 g/mol. The summed E-state index contributed by atoms with van der Waals surface area (Å²) >= 11 is 0. The molecule has 2 aromatic carbocycles. The number of carbonyl (C=O) groups is 2. The van der Waals surface area contributed by atoms with Crippen LogP contribution in [-0.4, -0.2) is 36.8 Å². The Bertz CT molecular complexity index is 1020. The molecule has 0 bridgehead atoms. The van der Waals surface area contributed by atoms with Crippen LogP contribution in [0.3, 0.4) is 0 Å². The molecule has 0 aliphatic carbocycles. The fourth-order valence-electron chi connectivity index (χ4n) is 3.27. The van der Waals surface area contributed by atoms with Crippen LogP contribution in [0.25, 0.3) is 10.9 Å². The van der Waals surface area contributed by atoms with Crippen LogP contribution in [0.4, 0.5) is 0 Å². The van der Waals surface area contributed by atoms with Gasteiger partial charge in [0.05, 0.1) is 18.2 Å². The highest BCUT2D eigenvalue weighted by molar-refractivity contribution is 6.07. The van der Waals surface area contributed by atoms with E-state index in [4.69, 9.17) is 14.2 Å². The molecule has 27 heavy (non-hydrogen) atoms. The molecule has 6 heteroatoms. The van der Waals surface area contributed by atoms with Gasteiger partial charge in [0.25, 0.3) is 0 Å². The van der Waals surface area contributed by atoms with E-state index in [1.165, 1.54) is 11.7 Å². The fraction of sp³-hybridized carbons (Fsp3) is 0.238. The maximum Gasteiger partial charge on any atom is 0.340 e. The van der Waals surface area contributed by atoms with Gasteiger partial charge in [-0.2, -0.15) is 0 Å². The van der Waals surface area contributed by atoms with E-state index in [0.717, 1.165) is 11.3 Å². The predicted octanol–water partition coefficient (Wildman–Crippen LogP) is 3.47. The molecule has 4 rings (SSSR count). The van der Waals surface area contributed by atoms with Gasteiger partial charge in [0.1, 0.15) is 13.2 Å². The van der Waals surface area contributed by atoms with Crippen molar-refractivity contribution in [2.24, 2.45) is 0 Å². The Hall–Kier alpha value is -3.28. The standard InChI is InChI=1S/C21H19NO5/c1-25-21(24)16-13-22(17-5-3-2-4-15(16)17)20(23)9-7-14-6-8-18-19(12-14)27-11-10-26-18/h2-6,8,12-13H,7,9-11H2,1H3. The van der Waals surface area contributed by atoms with E-state index < -0.39 is 5.97 Å². The smallest absolute Gasteiger partial charge is 0.340 e. The Morgan fingerprint density at radius 2 is 1.85 bits per heavy atom. The van der Waals surface area contributed by atoms with Crippen LogP contribution in [0.1, 0.15) is 27.1 Å². The zero-order chi connectivity index (χ0) is 18.8. The van der Waals surface area contributed by atoms with Crippen LogP contribution in [0.5, 0.6) is 11.5 Å². The van der Waals surface area contributed by atoms with Crippen molar-refractivity contribution in [2.45, 2.75) is 12.8 Å². The highest BCUT2D eigenvalue weighted by Crippen LogP contribution is 2.31. The molecule has 0 unspecified atom stereocenters. The normalized spacial score (nSPS) is 12.8. The van der Waals surface area contributed by atoms with Crippen LogP contribution in [0, 0.1) is 0 Å². The quantitative estimate of drug-likeness (QED) is 0.662. The van der Waals surface area contributed by atoms with Crippen LogP contribution in [-0.2, 0) is 11.2 Å². The molecule has 0 spiro atoms. The van der Waals surface area contributed by atoms with Crippen LogP contribution in [0.2, 0.25) is 0 Å². The number of hydrogen-bond donors (Lipinski definition) is 0. The van der Waals surface area contributed by atoms with E-state index >= 15 is 0 Å². The molecule has 0 amide bonds. The van der Waals surface area contributed by atoms with Gasteiger partial charge in [0, 0.05) is 18.0 Å². The summed E-state index contributed by atoms with van der Waals surface area (Å²) in [7, 11) is 1.33. The molecule has 0 N–H and O–H groups in total. The first kappa shape index (κ1) is 17.1. The summed E-state index contributed by atoms with van der Waals surface area (Å²) in [6, 6.07) is 13.0. The summed E-state index contributed by atoms with van der Waals surface area (Å²) < 4.78 is 17.5. The zero-order valence-electron chi connectivity index (χ0n) is 14.9. The second-order valence-corrected chi connectivity index (χ2v) is 6.29. The van der Waals surface area contributed by atoms with Gasteiger partial charge in [-0.05, 0) is 30.2 Å². The summed E-state index contributed by atoms with van der Waals surface area (Å²) in [6.07, 6.45) is 2.43. The summed E-state index contributed by atoms with van der Waals surface area (Å²) in [5.74, 6) is 0.905. The maximum absolute atomic E-state index is 12.8. The number of aryl methyl sites for hydroxylation is 1. The van der Waals surface area contributed by atoms with Crippen LogP contribution in [0.15, 0.2) is 48.7 Å². The van der Waals surface area contributed by atoms with Gasteiger partial charge in [-0.25, -0.2) is 4.79 Å². The number of aromatic nitrogens is 1. The minimum Gasteiger partial charge on any atom is -0.486 e. The number of nitrogens with zero attached hydrogens (tertiary/aromatic N) is 1. The summed E-state index contributed by atoms with van der Waals surface area (Å²) in [5, 5.41) is 0.706. The average Bonchev–Trinajstić information content (AvgIpc) is 3.11. The molecule has 1 aliphatic rings. The minimum absolute atomic E-state index is 0.0868. The number of methoxy groups -OCH3 is 1. The fourth-order valence-corrected chi connectivity index (χ4v) is 3.27. The molecule has 2 heterocycles. The van der Waals surface area contributed by atoms with E-state index in [-0.39, 0.29) is 5.91 Å². The zero-order valence-corrected chi connectivity index (χ0v) is 14.9. The Kier molecular flexibility index (Phi) is 4.54. The van der Waals surface area contributed by atoms with Gasteiger partial charge in [0.15, 0.2) is 11.5 Å². The Morgan fingerprint density at radius 3 is 2.67 bits per heavy atom. The molecular formula is C21H19NO5. The summed E-state index contributed by atoms with van der Waals surface area (Å²) in [6.45, 7) is 1.08. The van der Waals surface area contributed by atoms with Crippen LogP contribution >= 0.6 is 0 Å². The van der Waals surface area contributed by atoms with Gasteiger partial charge >= 0.3 is 5.97 Å². The van der Waals surface area contributed by atoms with E-state index in [0.29, 0.717) is 48.3 Å². The largest absolute Gasteiger partial charge is 0.486 e. The molecule has 0 fully saturated rings. The topological polar surface area (TPSA) is 66.8 Å². The van der Waals surface area contributed by atoms with Crippen molar-refractivity contribution in [3.05, 3.63) is 59.8 Å². The molecule has 6 nitrogen and oxygen atoms in total. The molecule has 0 saturated carbocycles. The lowest BCUT2D eigenvalue weighted by Gasteiger charge is -2.18.